The van der Waals surface area contributed by atoms with E-state index < -0.39 is 0 Å². The first-order valence-corrected chi connectivity index (χ1v) is 11.7. The molecule has 2 aromatic heterocycles. The lowest BCUT2D eigenvalue weighted by Gasteiger charge is -2.32. The highest BCUT2D eigenvalue weighted by Crippen LogP contribution is 2.32. The van der Waals surface area contributed by atoms with Crippen LogP contribution in [0.15, 0.2) is 77.4 Å². The van der Waals surface area contributed by atoms with Crippen LogP contribution in [0.3, 0.4) is 0 Å². The maximum atomic E-state index is 12.7. The smallest absolute Gasteiger partial charge is 0.261 e. The number of anilines is 1. The van der Waals surface area contributed by atoms with Crippen LogP contribution in [0, 0.1) is 5.92 Å². The Morgan fingerprint density at radius 2 is 1.79 bits per heavy atom. The van der Waals surface area contributed by atoms with Gasteiger partial charge < -0.3 is 14.7 Å². The third-order valence-electron chi connectivity index (χ3n) is 6.02. The topological polar surface area (TPSA) is 84.2 Å². The van der Waals surface area contributed by atoms with Gasteiger partial charge >= 0.3 is 0 Å². The van der Waals surface area contributed by atoms with E-state index in [1.54, 1.807) is 18.3 Å². The Morgan fingerprint density at radius 1 is 1.03 bits per heavy atom. The second-order valence-electron chi connectivity index (χ2n) is 8.27. The highest BCUT2D eigenvalue weighted by molar-refractivity contribution is 6.30. The van der Waals surface area contributed by atoms with Crippen molar-refractivity contribution in [1.82, 2.24) is 20.4 Å². The Kier molecular flexibility index (Phi) is 6.53. The molecular weight excluding hydrogens is 450 g/mol. The van der Waals surface area contributed by atoms with Crippen LogP contribution in [0.25, 0.3) is 22.8 Å². The fraction of sp³-hybridized carbons (Fsp3) is 0.231. The molecule has 0 radical (unpaired) electrons. The number of carbonyl (C=O) groups is 1. The fourth-order valence-electron chi connectivity index (χ4n) is 4.15. The van der Waals surface area contributed by atoms with Gasteiger partial charge in [-0.3, -0.25) is 4.79 Å². The number of halogens is 1. The summed E-state index contributed by atoms with van der Waals surface area (Å²) in [7, 11) is 0. The average Bonchev–Trinajstić information content (AvgIpc) is 3.39. The number of nitrogens with zero attached hydrogens (tertiary/aromatic N) is 4. The number of hydrogen-bond donors (Lipinski definition) is 1. The number of aromatic nitrogens is 3. The molecule has 8 heteroatoms. The van der Waals surface area contributed by atoms with Gasteiger partial charge in [0.05, 0.1) is 5.56 Å². The van der Waals surface area contributed by atoms with Crippen LogP contribution in [-0.2, 0) is 11.3 Å². The van der Waals surface area contributed by atoms with Crippen LogP contribution in [-0.4, -0.2) is 34.1 Å². The van der Waals surface area contributed by atoms with E-state index in [1.807, 2.05) is 54.6 Å². The van der Waals surface area contributed by atoms with Gasteiger partial charge in [0.2, 0.25) is 11.7 Å². The number of nitrogens with one attached hydrogen (secondary N) is 1. The van der Waals surface area contributed by atoms with Crippen LogP contribution in [0.4, 0.5) is 5.82 Å². The molecule has 1 saturated heterocycles. The van der Waals surface area contributed by atoms with Crippen LogP contribution < -0.4 is 10.2 Å². The molecule has 0 aliphatic carbocycles. The fourth-order valence-corrected chi connectivity index (χ4v) is 4.27. The van der Waals surface area contributed by atoms with Crippen molar-refractivity contribution < 1.29 is 9.32 Å². The quantitative estimate of drug-likeness (QED) is 0.425. The highest BCUT2D eigenvalue weighted by Gasteiger charge is 2.27. The number of hydrogen-bond acceptors (Lipinski definition) is 6. The lowest BCUT2D eigenvalue weighted by molar-refractivity contribution is -0.125. The molecule has 1 fully saturated rings. The van der Waals surface area contributed by atoms with Crippen molar-refractivity contribution in [3.05, 3.63) is 83.5 Å². The first-order valence-electron chi connectivity index (χ1n) is 11.3. The molecule has 1 aliphatic rings. The standard InChI is InChI=1S/C26H24ClN5O2/c27-21-10-8-19(9-11-21)23-30-26(34-31-23)22-7-4-14-28-24(22)32-15-12-20(13-16-32)25(33)29-17-18-5-2-1-3-6-18/h1-11,14,20H,12-13,15-17H2,(H,29,33). The van der Waals surface area contributed by atoms with Gasteiger partial charge in [-0.2, -0.15) is 4.98 Å². The van der Waals surface area contributed by atoms with Crippen molar-refractivity contribution >= 4 is 23.3 Å². The molecule has 34 heavy (non-hydrogen) atoms. The maximum absolute atomic E-state index is 12.7. The molecule has 5 rings (SSSR count). The minimum Gasteiger partial charge on any atom is -0.356 e. The van der Waals surface area contributed by atoms with E-state index >= 15 is 0 Å². The van der Waals surface area contributed by atoms with Gasteiger partial charge in [0.15, 0.2) is 0 Å². The maximum Gasteiger partial charge on any atom is 0.261 e. The van der Waals surface area contributed by atoms with Gasteiger partial charge in [0.1, 0.15) is 5.82 Å². The third-order valence-corrected chi connectivity index (χ3v) is 6.27. The number of carbonyl (C=O) groups excluding carboxylic acids is 1. The normalized spacial score (nSPS) is 14.2. The molecule has 3 heterocycles. The SMILES string of the molecule is O=C(NCc1ccccc1)C1CCN(c2ncccc2-c2nc(-c3ccc(Cl)cc3)no2)CC1. The summed E-state index contributed by atoms with van der Waals surface area (Å²) in [6.45, 7) is 2.01. The predicted molar refractivity (Wildman–Crippen MR) is 131 cm³/mol. The summed E-state index contributed by atoms with van der Waals surface area (Å²) in [6, 6.07) is 21.0. The molecule has 1 aliphatic heterocycles. The second-order valence-corrected chi connectivity index (χ2v) is 8.71. The zero-order valence-electron chi connectivity index (χ0n) is 18.5. The lowest BCUT2D eigenvalue weighted by Crippen LogP contribution is -2.40. The molecule has 0 unspecified atom stereocenters. The van der Waals surface area contributed by atoms with Gasteiger partial charge in [0, 0.05) is 42.3 Å². The zero-order chi connectivity index (χ0) is 23.3. The predicted octanol–water partition coefficient (Wildman–Crippen LogP) is 4.98. The van der Waals surface area contributed by atoms with Crippen molar-refractivity contribution in [2.75, 3.05) is 18.0 Å². The highest BCUT2D eigenvalue weighted by atomic mass is 35.5. The summed E-state index contributed by atoms with van der Waals surface area (Å²) in [6.07, 6.45) is 3.28. The third kappa shape index (κ3) is 4.94. The van der Waals surface area contributed by atoms with Crippen molar-refractivity contribution in [2.45, 2.75) is 19.4 Å². The molecule has 4 aromatic rings. The summed E-state index contributed by atoms with van der Waals surface area (Å²) in [5, 5.41) is 7.85. The van der Waals surface area contributed by atoms with Gasteiger partial charge in [-0.25, -0.2) is 4.98 Å². The molecule has 0 saturated carbocycles. The number of amides is 1. The molecular formula is C26H24ClN5O2. The zero-order valence-corrected chi connectivity index (χ0v) is 19.3. The van der Waals surface area contributed by atoms with E-state index in [0.717, 1.165) is 48.4 Å². The minimum absolute atomic E-state index is 0.00737. The van der Waals surface area contributed by atoms with Gasteiger partial charge in [-0.1, -0.05) is 47.1 Å². The average molecular weight is 474 g/mol. The number of pyridine rings is 1. The van der Waals surface area contributed by atoms with Crippen LogP contribution in [0.1, 0.15) is 18.4 Å². The van der Waals surface area contributed by atoms with Crippen molar-refractivity contribution in [3.8, 4) is 22.8 Å². The van der Waals surface area contributed by atoms with Crippen molar-refractivity contribution in [1.29, 1.82) is 0 Å². The van der Waals surface area contributed by atoms with Crippen LogP contribution in [0.5, 0.6) is 0 Å². The van der Waals surface area contributed by atoms with E-state index in [4.69, 9.17) is 16.1 Å². The summed E-state index contributed by atoms with van der Waals surface area (Å²) in [4.78, 5) is 24.0. The summed E-state index contributed by atoms with van der Waals surface area (Å²) < 4.78 is 5.58. The van der Waals surface area contributed by atoms with E-state index in [0.29, 0.717) is 23.3 Å². The largest absolute Gasteiger partial charge is 0.356 e. The van der Waals surface area contributed by atoms with Gasteiger partial charge in [-0.15, -0.1) is 0 Å². The molecule has 0 bridgehead atoms. The first-order chi connectivity index (χ1) is 16.7. The summed E-state index contributed by atoms with van der Waals surface area (Å²) in [5.41, 5.74) is 2.71. The monoisotopic (exact) mass is 473 g/mol. The molecule has 0 atom stereocenters. The summed E-state index contributed by atoms with van der Waals surface area (Å²) in [5.74, 6) is 1.80. The Balaban J connectivity index is 1.25. The van der Waals surface area contributed by atoms with E-state index in [2.05, 4.69) is 25.3 Å². The van der Waals surface area contributed by atoms with Crippen LogP contribution >= 0.6 is 11.6 Å². The van der Waals surface area contributed by atoms with Gasteiger partial charge in [0.25, 0.3) is 5.89 Å². The van der Waals surface area contributed by atoms with Gasteiger partial charge in [-0.05, 0) is 54.8 Å². The van der Waals surface area contributed by atoms with E-state index in [-0.39, 0.29) is 11.8 Å². The summed E-state index contributed by atoms with van der Waals surface area (Å²) >= 11 is 5.98. The van der Waals surface area contributed by atoms with E-state index in [9.17, 15) is 4.79 Å². The number of piperidine rings is 1. The Bertz CT molecular complexity index is 1250. The van der Waals surface area contributed by atoms with E-state index in [1.165, 1.54) is 0 Å². The Labute approximate surface area is 202 Å². The molecule has 7 nitrogen and oxygen atoms in total. The molecule has 172 valence electrons. The van der Waals surface area contributed by atoms with Crippen LogP contribution in [0.2, 0.25) is 5.02 Å². The minimum atomic E-state index is -0.00737. The first kappa shape index (κ1) is 22.1. The van der Waals surface area contributed by atoms with Crippen molar-refractivity contribution in [3.63, 3.8) is 0 Å². The molecule has 1 N–H and O–H groups in total. The molecule has 1 amide bonds. The number of benzene rings is 2. The lowest BCUT2D eigenvalue weighted by atomic mass is 9.95. The Hall–Kier alpha value is -3.71. The number of rotatable bonds is 6. The molecule has 0 spiro atoms. The van der Waals surface area contributed by atoms with Crippen molar-refractivity contribution in [2.24, 2.45) is 5.92 Å². The molecule has 2 aromatic carbocycles. The Morgan fingerprint density at radius 3 is 2.56 bits per heavy atom. The second kappa shape index (κ2) is 10.1.